The minimum absolute atomic E-state index is 0.103. The van der Waals surface area contributed by atoms with Crippen LogP contribution in [0.3, 0.4) is 0 Å². The Kier molecular flexibility index (Phi) is 5.63. The van der Waals surface area contributed by atoms with E-state index in [0.717, 1.165) is 51.8 Å². The molecular weight excluding hydrogens is 438 g/mol. The molecule has 1 aromatic heterocycles. The summed E-state index contributed by atoms with van der Waals surface area (Å²) in [7, 11) is 0. The van der Waals surface area contributed by atoms with E-state index in [9.17, 15) is 4.79 Å². The number of ether oxygens (including phenoxy) is 1. The van der Waals surface area contributed by atoms with Gasteiger partial charge in [0.15, 0.2) is 0 Å². The SMILES string of the molecule is CC(C)(C)OC(=O)N1CCC[C@H]1c1ncc(-c2ccc3cc(-c4ccc(N)c(N)c4)ccc3c2)[nH]1. The van der Waals surface area contributed by atoms with E-state index in [1.807, 2.05) is 45.2 Å². The number of benzene rings is 3. The highest BCUT2D eigenvalue weighted by atomic mass is 16.6. The van der Waals surface area contributed by atoms with E-state index in [4.69, 9.17) is 16.2 Å². The Balaban J connectivity index is 1.39. The Labute approximate surface area is 205 Å². The molecule has 1 atom stereocenters. The molecule has 180 valence electrons. The summed E-state index contributed by atoms with van der Waals surface area (Å²) in [6, 6.07) is 18.3. The predicted molar refractivity (Wildman–Crippen MR) is 141 cm³/mol. The highest BCUT2D eigenvalue weighted by molar-refractivity contribution is 5.91. The van der Waals surface area contributed by atoms with Crippen LogP contribution in [-0.4, -0.2) is 33.1 Å². The lowest BCUT2D eigenvalue weighted by Gasteiger charge is -2.27. The summed E-state index contributed by atoms with van der Waals surface area (Å²) in [5.41, 5.74) is 16.6. The maximum Gasteiger partial charge on any atom is 0.410 e. The topological polar surface area (TPSA) is 110 Å². The minimum Gasteiger partial charge on any atom is -0.444 e. The fraction of sp³-hybridized carbons (Fsp3) is 0.286. The van der Waals surface area contributed by atoms with Gasteiger partial charge in [0.05, 0.1) is 29.3 Å². The van der Waals surface area contributed by atoms with Crippen LogP contribution in [0.2, 0.25) is 0 Å². The molecule has 5 rings (SSSR count). The van der Waals surface area contributed by atoms with Crippen LogP contribution in [-0.2, 0) is 4.74 Å². The van der Waals surface area contributed by atoms with Gasteiger partial charge >= 0.3 is 6.09 Å². The van der Waals surface area contributed by atoms with Crippen molar-refractivity contribution in [3.63, 3.8) is 0 Å². The zero-order chi connectivity index (χ0) is 24.7. The first-order valence-electron chi connectivity index (χ1n) is 11.9. The van der Waals surface area contributed by atoms with Crippen LogP contribution in [0.25, 0.3) is 33.2 Å². The van der Waals surface area contributed by atoms with Crippen molar-refractivity contribution in [3.8, 4) is 22.4 Å². The van der Waals surface area contributed by atoms with E-state index in [-0.39, 0.29) is 12.1 Å². The Morgan fingerprint density at radius 1 is 0.971 bits per heavy atom. The second-order valence-corrected chi connectivity index (χ2v) is 10.1. The number of aromatic amines is 1. The number of aromatic nitrogens is 2. The first-order chi connectivity index (χ1) is 16.7. The van der Waals surface area contributed by atoms with E-state index < -0.39 is 5.60 Å². The molecule has 35 heavy (non-hydrogen) atoms. The number of nitrogens with zero attached hydrogens (tertiary/aromatic N) is 2. The maximum absolute atomic E-state index is 12.7. The number of amides is 1. The molecule has 0 bridgehead atoms. The highest BCUT2D eigenvalue weighted by Crippen LogP contribution is 2.34. The number of likely N-dealkylation sites (tertiary alicyclic amines) is 1. The average Bonchev–Trinajstić information content (AvgIpc) is 3.49. The van der Waals surface area contributed by atoms with Crippen molar-refractivity contribution in [2.45, 2.75) is 45.3 Å². The summed E-state index contributed by atoms with van der Waals surface area (Å²) in [6.07, 6.45) is 3.34. The number of carbonyl (C=O) groups is 1. The maximum atomic E-state index is 12.7. The fourth-order valence-electron chi connectivity index (χ4n) is 4.59. The Hall–Kier alpha value is -4.00. The largest absolute Gasteiger partial charge is 0.444 e. The van der Waals surface area contributed by atoms with Crippen molar-refractivity contribution in [2.24, 2.45) is 0 Å². The summed E-state index contributed by atoms with van der Waals surface area (Å²) in [5.74, 6) is 0.791. The van der Waals surface area contributed by atoms with Crippen LogP contribution in [0, 0.1) is 0 Å². The number of nitrogens with one attached hydrogen (secondary N) is 1. The van der Waals surface area contributed by atoms with Crippen molar-refractivity contribution in [1.82, 2.24) is 14.9 Å². The molecule has 0 unspecified atom stereocenters. The molecule has 0 spiro atoms. The number of hydrogen-bond donors (Lipinski definition) is 3. The van der Waals surface area contributed by atoms with Gasteiger partial charge in [0.1, 0.15) is 11.4 Å². The normalized spacial score (nSPS) is 16.1. The lowest BCUT2D eigenvalue weighted by molar-refractivity contribution is 0.0218. The van der Waals surface area contributed by atoms with E-state index in [1.54, 1.807) is 4.90 Å². The van der Waals surface area contributed by atoms with E-state index >= 15 is 0 Å². The molecule has 3 aromatic carbocycles. The van der Waals surface area contributed by atoms with Crippen LogP contribution < -0.4 is 11.5 Å². The van der Waals surface area contributed by atoms with Gasteiger partial charge in [-0.25, -0.2) is 9.78 Å². The first-order valence-corrected chi connectivity index (χ1v) is 11.9. The molecule has 1 aliphatic rings. The number of carbonyl (C=O) groups excluding carboxylic acids is 1. The van der Waals surface area contributed by atoms with E-state index in [2.05, 4.69) is 46.4 Å². The van der Waals surface area contributed by atoms with Crippen LogP contribution in [0.15, 0.2) is 60.8 Å². The van der Waals surface area contributed by atoms with Crippen molar-refractivity contribution >= 4 is 28.2 Å². The molecule has 1 amide bonds. The number of rotatable bonds is 3. The standard InChI is InChI=1S/C28H31N5O2/c1-28(2,3)35-27(34)33-12-4-5-25(33)26-31-16-24(32-26)21-9-8-17-13-18(6-7-19(17)14-21)20-10-11-22(29)23(30)15-20/h6-11,13-16,25H,4-5,12,29-30H2,1-3H3,(H,31,32)/t25-/m0/s1. The molecule has 7 nitrogen and oxygen atoms in total. The third-order valence-corrected chi connectivity index (χ3v) is 6.36. The summed E-state index contributed by atoms with van der Waals surface area (Å²) in [4.78, 5) is 22.5. The number of imidazole rings is 1. The summed E-state index contributed by atoms with van der Waals surface area (Å²) in [5, 5.41) is 2.26. The fourth-order valence-corrected chi connectivity index (χ4v) is 4.59. The van der Waals surface area contributed by atoms with Gasteiger partial charge in [0, 0.05) is 12.1 Å². The number of hydrogen-bond acceptors (Lipinski definition) is 5. The molecule has 4 aromatic rings. The van der Waals surface area contributed by atoms with Crippen LogP contribution in [0.1, 0.15) is 45.5 Å². The van der Waals surface area contributed by atoms with Gasteiger partial charge in [-0.2, -0.15) is 0 Å². The van der Waals surface area contributed by atoms with Crippen molar-refractivity contribution < 1.29 is 9.53 Å². The van der Waals surface area contributed by atoms with Gasteiger partial charge in [0.2, 0.25) is 0 Å². The van der Waals surface area contributed by atoms with Gasteiger partial charge in [-0.15, -0.1) is 0 Å². The van der Waals surface area contributed by atoms with Crippen LogP contribution in [0.5, 0.6) is 0 Å². The Morgan fingerprint density at radius 3 is 2.34 bits per heavy atom. The third-order valence-electron chi connectivity index (χ3n) is 6.36. The molecule has 1 saturated heterocycles. The van der Waals surface area contributed by atoms with Gasteiger partial charge in [-0.05, 0) is 79.8 Å². The second-order valence-electron chi connectivity index (χ2n) is 10.1. The monoisotopic (exact) mass is 469 g/mol. The van der Waals surface area contributed by atoms with Gasteiger partial charge in [-0.1, -0.05) is 30.3 Å². The Bertz CT molecular complexity index is 1400. The number of H-pyrrole nitrogens is 1. The molecule has 2 heterocycles. The molecule has 0 aliphatic carbocycles. The molecule has 7 heteroatoms. The minimum atomic E-state index is -0.524. The molecule has 1 aliphatic heterocycles. The zero-order valence-electron chi connectivity index (χ0n) is 20.3. The first kappa shape index (κ1) is 22.8. The van der Waals surface area contributed by atoms with Crippen LogP contribution >= 0.6 is 0 Å². The van der Waals surface area contributed by atoms with E-state index in [1.165, 1.54) is 0 Å². The zero-order valence-corrected chi connectivity index (χ0v) is 20.3. The highest BCUT2D eigenvalue weighted by Gasteiger charge is 2.34. The Morgan fingerprint density at radius 2 is 1.63 bits per heavy atom. The van der Waals surface area contributed by atoms with Gasteiger partial charge in [-0.3, -0.25) is 4.90 Å². The lowest BCUT2D eigenvalue weighted by Crippen LogP contribution is -2.36. The molecule has 5 N–H and O–H groups in total. The smallest absolute Gasteiger partial charge is 0.410 e. The van der Waals surface area contributed by atoms with Crippen molar-refractivity contribution in [2.75, 3.05) is 18.0 Å². The lowest BCUT2D eigenvalue weighted by atomic mass is 9.99. The average molecular weight is 470 g/mol. The van der Waals surface area contributed by atoms with Gasteiger partial charge in [0.25, 0.3) is 0 Å². The number of nitrogen functional groups attached to an aromatic ring is 2. The molecular formula is C28H31N5O2. The quantitative estimate of drug-likeness (QED) is 0.312. The number of fused-ring (bicyclic) bond motifs is 1. The summed E-state index contributed by atoms with van der Waals surface area (Å²) >= 11 is 0. The van der Waals surface area contributed by atoms with Gasteiger partial charge < -0.3 is 21.2 Å². The summed E-state index contributed by atoms with van der Waals surface area (Å²) < 4.78 is 5.60. The third kappa shape index (κ3) is 4.67. The van der Waals surface area contributed by atoms with Crippen molar-refractivity contribution in [3.05, 3.63) is 66.6 Å². The summed E-state index contributed by atoms with van der Waals surface area (Å²) in [6.45, 7) is 6.33. The molecule has 1 fully saturated rings. The number of nitrogens with two attached hydrogens (primary N) is 2. The molecule has 0 saturated carbocycles. The molecule has 0 radical (unpaired) electrons. The second kappa shape index (κ2) is 8.65. The van der Waals surface area contributed by atoms with Crippen LogP contribution in [0.4, 0.5) is 16.2 Å². The number of anilines is 2. The predicted octanol–water partition coefficient (Wildman–Crippen LogP) is 6.13. The van der Waals surface area contributed by atoms with E-state index in [0.29, 0.717) is 17.9 Å². The van der Waals surface area contributed by atoms with Crippen molar-refractivity contribution in [1.29, 1.82) is 0 Å².